The highest BCUT2D eigenvalue weighted by atomic mass is 35.5. The van der Waals surface area contributed by atoms with Crippen LogP contribution in [-0.2, 0) is 16.1 Å². The molecule has 0 bridgehead atoms. The number of hydrogen-bond donors (Lipinski definition) is 2. The molecular weight excluding hydrogens is 401 g/mol. The number of nitrogens with zero attached hydrogens (tertiary/aromatic N) is 3. The Morgan fingerprint density at radius 3 is 2.25 bits per heavy atom. The quantitative estimate of drug-likeness (QED) is 0.651. The van der Waals surface area contributed by atoms with Crippen LogP contribution in [0.1, 0.15) is 12.7 Å². The van der Waals surface area contributed by atoms with Crippen LogP contribution in [0.5, 0.6) is 0 Å². The summed E-state index contributed by atoms with van der Waals surface area (Å²) in [5.74, 6) is 0.632. The highest BCUT2D eigenvalue weighted by Crippen LogP contribution is 2.27. The summed E-state index contributed by atoms with van der Waals surface area (Å²) in [5.41, 5.74) is 1.97. The van der Waals surface area contributed by atoms with Gasteiger partial charge in [0, 0.05) is 23.9 Å². The van der Waals surface area contributed by atoms with E-state index in [1.165, 1.54) is 11.6 Å². The first-order valence-electron chi connectivity index (χ1n) is 8.36. The fourth-order valence-electron chi connectivity index (χ4n) is 2.59. The van der Waals surface area contributed by atoms with Crippen LogP contribution in [0.25, 0.3) is 11.4 Å². The molecule has 3 aromatic rings. The van der Waals surface area contributed by atoms with Gasteiger partial charge < -0.3 is 10.6 Å². The molecule has 0 aliphatic carbocycles. The van der Waals surface area contributed by atoms with Crippen LogP contribution >= 0.6 is 23.2 Å². The van der Waals surface area contributed by atoms with Crippen molar-refractivity contribution in [2.45, 2.75) is 20.4 Å². The topological polar surface area (TPSA) is 88.9 Å². The molecule has 0 saturated carbocycles. The summed E-state index contributed by atoms with van der Waals surface area (Å²) < 4.78 is 1.51. The van der Waals surface area contributed by atoms with Crippen LogP contribution in [0.15, 0.2) is 42.5 Å². The van der Waals surface area contributed by atoms with E-state index in [1.807, 2.05) is 0 Å². The summed E-state index contributed by atoms with van der Waals surface area (Å²) in [6.45, 7) is 3.15. The molecule has 2 amide bonds. The van der Waals surface area contributed by atoms with Crippen LogP contribution in [-0.4, -0.2) is 26.6 Å². The normalized spacial score (nSPS) is 10.6. The monoisotopic (exact) mass is 417 g/mol. The third kappa shape index (κ3) is 4.88. The average molecular weight is 418 g/mol. The zero-order valence-electron chi connectivity index (χ0n) is 15.2. The zero-order chi connectivity index (χ0) is 20.3. The van der Waals surface area contributed by atoms with E-state index in [4.69, 9.17) is 23.2 Å². The SMILES string of the molecule is CC(=O)Nc1ccc(NC(=O)Cn2nc(C)nc2-c2ccc(Cl)c(Cl)c2)cc1. The molecule has 7 nitrogen and oxygen atoms in total. The Hall–Kier alpha value is -2.90. The molecule has 2 aromatic carbocycles. The van der Waals surface area contributed by atoms with Crippen molar-refractivity contribution in [3.63, 3.8) is 0 Å². The van der Waals surface area contributed by atoms with Gasteiger partial charge in [0.05, 0.1) is 10.0 Å². The van der Waals surface area contributed by atoms with E-state index in [1.54, 1.807) is 49.4 Å². The van der Waals surface area contributed by atoms with E-state index in [0.717, 1.165) is 0 Å². The number of carbonyl (C=O) groups is 2. The van der Waals surface area contributed by atoms with E-state index in [2.05, 4.69) is 20.7 Å². The van der Waals surface area contributed by atoms with Gasteiger partial charge in [-0.15, -0.1) is 0 Å². The number of hydrogen-bond acceptors (Lipinski definition) is 4. The Balaban J connectivity index is 1.74. The van der Waals surface area contributed by atoms with Crippen molar-refractivity contribution in [3.05, 3.63) is 58.3 Å². The number of benzene rings is 2. The molecule has 1 heterocycles. The van der Waals surface area contributed by atoms with Crippen molar-refractivity contribution < 1.29 is 9.59 Å². The first-order valence-corrected chi connectivity index (χ1v) is 9.12. The molecule has 2 N–H and O–H groups in total. The van der Waals surface area contributed by atoms with Crippen molar-refractivity contribution in [2.75, 3.05) is 10.6 Å². The molecule has 144 valence electrons. The summed E-state index contributed by atoms with van der Waals surface area (Å²) in [6, 6.07) is 11.9. The number of aryl methyl sites for hydroxylation is 1. The van der Waals surface area contributed by atoms with Gasteiger partial charge in [0.1, 0.15) is 12.4 Å². The average Bonchev–Trinajstić information content (AvgIpc) is 2.98. The van der Waals surface area contributed by atoms with Crippen LogP contribution in [0, 0.1) is 6.92 Å². The minimum absolute atomic E-state index is 0.0239. The zero-order valence-corrected chi connectivity index (χ0v) is 16.7. The molecule has 0 spiro atoms. The maximum Gasteiger partial charge on any atom is 0.246 e. The van der Waals surface area contributed by atoms with Gasteiger partial charge in [0.15, 0.2) is 5.82 Å². The first-order chi connectivity index (χ1) is 13.3. The van der Waals surface area contributed by atoms with Crippen LogP contribution in [0.3, 0.4) is 0 Å². The second-order valence-corrected chi connectivity index (χ2v) is 6.89. The van der Waals surface area contributed by atoms with Gasteiger partial charge in [0.2, 0.25) is 11.8 Å². The van der Waals surface area contributed by atoms with Crippen molar-refractivity contribution in [1.29, 1.82) is 0 Å². The van der Waals surface area contributed by atoms with Crippen LogP contribution < -0.4 is 10.6 Å². The maximum atomic E-state index is 12.4. The lowest BCUT2D eigenvalue weighted by atomic mass is 10.2. The lowest BCUT2D eigenvalue weighted by Crippen LogP contribution is -2.20. The molecule has 0 aliphatic rings. The molecule has 3 rings (SSSR count). The lowest BCUT2D eigenvalue weighted by molar-refractivity contribution is -0.117. The number of anilines is 2. The molecule has 0 saturated heterocycles. The predicted molar refractivity (Wildman–Crippen MR) is 110 cm³/mol. The van der Waals surface area contributed by atoms with Crippen molar-refractivity contribution in [2.24, 2.45) is 0 Å². The summed E-state index contributed by atoms with van der Waals surface area (Å²) in [4.78, 5) is 27.9. The third-order valence-electron chi connectivity index (χ3n) is 3.74. The van der Waals surface area contributed by atoms with Crippen molar-refractivity contribution in [1.82, 2.24) is 14.8 Å². The van der Waals surface area contributed by atoms with E-state index >= 15 is 0 Å². The number of carbonyl (C=O) groups excluding carboxylic acids is 2. The fraction of sp³-hybridized carbons (Fsp3) is 0.158. The Kier molecular flexibility index (Phi) is 5.96. The minimum Gasteiger partial charge on any atom is -0.326 e. The number of amides is 2. The molecule has 0 unspecified atom stereocenters. The van der Waals surface area contributed by atoms with Gasteiger partial charge in [-0.2, -0.15) is 5.10 Å². The van der Waals surface area contributed by atoms with E-state index in [0.29, 0.717) is 38.6 Å². The largest absolute Gasteiger partial charge is 0.326 e. The fourth-order valence-corrected chi connectivity index (χ4v) is 2.89. The van der Waals surface area contributed by atoms with E-state index in [-0.39, 0.29) is 18.4 Å². The van der Waals surface area contributed by atoms with Gasteiger partial charge in [0.25, 0.3) is 0 Å². The summed E-state index contributed by atoms with van der Waals surface area (Å²) >= 11 is 12.0. The Bertz CT molecular complexity index is 1030. The van der Waals surface area contributed by atoms with E-state index in [9.17, 15) is 9.59 Å². The molecule has 0 fully saturated rings. The second kappa shape index (κ2) is 8.41. The van der Waals surface area contributed by atoms with Gasteiger partial charge >= 0.3 is 0 Å². The highest BCUT2D eigenvalue weighted by molar-refractivity contribution is 6.42. The molecule has 0 aliphatic heterocycles. The molecule has 0 radical (unpaired) electrons. The van der Waals surface area contributed by atoms with Gasteiger partial charge in [-0.3, -0.25) is 9.59 Å². The molecular formula is C19H17Cl2N5O2. The summed E-state index contributed by atoms with van der Waals surface area (Å²) in [7, 11) is 0. The first kappa shape index (κ1) is 19.9. The molecule has 1 aromatic heterocycles. The Labute approximate surface area is 171 Å². The highest BCUT2D eigenvalue weighted by Gasteiger charge is 2.14. The molecule has 28 heavy (non-hydrogen) atoms. The Morgan fingerprint density at radius 2 is 1.64 bits per heavy atom. The second-order valence-electron chi connectivity index (χ2n) is 6.08. The number of rotatable bonds is 5. The van der Waals surface area contributed by atoms with Gasteiger partial charge in [-0.25, -0.2) is 9.67 Å². The minimum atomic E-state index is -0.265. The summed E-state index contributed by atoms with van der Waals surface area (Å²) in [6.07, 6.45) is 0. The van der Waals surface area contributed by atoms with Crippen molar-refractivity contribution >= 4 is 46.4 Å². The molecule has 0 atom stereocenters. The number of halogens is 2. The Morgan fingerprint density at radius 1 is 1.00 bits per heavy atom. The third-order valence-corrected chi connectivity index (χ3v) is 4.48. The number of aromatic nitrogens is 3. The summed E-state index contributed by atoms with van der Waals surface area (Å²) in [5, 5.41) is 10.6. The van der Waals surface area contributed by atoms with E-state index < -0.39 is 0 Å². The van der Waals surface area contributed by atoms with Gasteiger partial charge in [-0.1, -0.05) is 23.2 Å². The van der Waals surface area contributed by atoms with Gasteiger partial charge in [-0.05, 0) is 49.4 Å². The lowest BCUT2D eigenvalue weighted by Gasteiger charge is -2.09. The maximum absolute atomic E-state index is 12.4. The standard InChI is InChI=1S/C19H17Cl2N5O2/c1-11-22-19(13-3-8-16(20)17(21)9-13)26(25-11)10-18(28)24-15-6-4-14(5-7-15)23-12(2)27/h3-9H,10H2,1-2H3,(H,23,27)(H,24,28). The number of nitrogens with one attached hydrogen (secondary N) is 2. The smallest absolute Gasteiger partial charge is 0.246 e. The predicted octanol–water partition coefficient (Wildman–Crippen LogP) is 4.16. The van der Waals surface area contributed by atoms with Crippen LogP contribution in [0.4, 0.5) is 11.4 Å². The molecule has 9 heteroatoms. The van der Waals surface area contributed by atoms with Crippen molar-refractivity contribution in [3.8, 4) is 11.4 Å². The van der Waals surface area contributed by atoms with Crippen LogP contribution in [0.2, 0.25) is 10.0 Å².